The lowest BCUT2D eigenvalue weighted by Crippen LogP contribution is -2.00. The van der Waals surface area contributed by atoms with Crippen LogP contribution in [0.15, 0.2) is 322 Å². The maximum absolute atomic E-state index is 4.96. The van der Waals surface area contributed by atoms with E-state index in [1.807, 2.05) is 127 Å². The van der Waals surface area contributed by atoms with Crippen LogP contribution in [0.2, 0.25) is 0 Å². The Morgan fingerprint density at radius 1 is 0.189 bits per heavy atom. The van der Waals surface area contributed by atoms with E-state index >= 15 is 0 Å². The molecule has 0 saturated heterocycles. The molecule has 12 aromatic carbocycles. The molecule has 0 fully saturated rings. The van der Waals surface area contributed by atoms with Crippen molar-refractivity contribution in [2.45, 2.75) is 0 Å². The monoisotopic (exact) mass is 1400 g/mol. The highest BCUT2D eigenvalue weighted by Gasteiger charge is 2.21. The molecule has 0 aliphatic rings. The fraction of sp³-hybridized carbons (Fsp3) is 0. The number of thiophene rings is 2. The molecule has 8 heterocycles. The van der Waals surface area contributed by atoms with E-state index in [2.05, 4.69) is 225 Å². The molecule has 0 aliphatic heterocycles. The lowest BCUT2D eigenvalue weighted by atomic mass is 10.0. The average Bonchev–Trinajstić information content (AvgIpc) is 1.61. The van der Waals surface area contributed by atoms with Crippen molar-refractivity contribution in [3.8, 4) is 135 Å². The van der Waals surface area contributed by atoms with Crippen molar-refractivity contribution in [2.24, 2.45) is 0 Å². The third-order valence-corrected chi connectivity index (χ3v) is 20.8. The number of hydrogen-bond acceptors (Lipinski definition) is 17. The molecule has 0 radical (unpaired) electrons. The van der Waals surface area contributed by atoms with Crippen LogP contribution in [0.4, 0.5) is 0 Å². The van der Waals surface area contributed by atoms with Gasteiger partial charge in [0.2, 0.25) is 0 Å². The summed E-state index contributed by atoms with van der Waals surface area (Å²) in [6, 6.07) is 109. The smallest absolute Gasteiger partial charge is 0.164 e. The Morgan fingerprint density at radius 2 is 0.462 bits per heavy atom. The minimum Gasteiger partial charge on any atom is -0.241 e. The lowest BCUT2D eigenvalue weighted by Gasteiger charge is -2.10. The van der Waals surface area contributed by atoms with Crippen molar-refractivity contribution in [3.05, 3.63) is 322 Å². The van der Waals surface area contributed by atoms with Crippen LogP contribution in [0.5, 0.6) is 0 Å². The van der Waals surface area contributed by atoms with Crippen LogP contribution in [0.1, 0.15) is 0 Å². The largest absolute Gasteiger partial charge is 0.241 e. The van der Waals surface area contributed by atoms with Gasteiger partial charge in [-0.25, -0.2) is 44.9 Å². The van der Waals surface area contributed by atoms with Crippen molar-refractivity contribution < 1.29 is 0 Å². The van der Waals surface area contributed by atoms with E-state index in [1.54, 1.807) is 22.7 Å². The van der Waals surface area contributed by atoms with Gasteiger partial charge >= 0.3 is 0 Å². The predicted molar refractivity (Wildman–Crippen MR) is 426 cm³/mol. The second-order valence-electron chi connectivity index (χ2n) is 25.3. The maximum atomic E-state index is 4.96. The molecule has 496 valence electrons. The molecule has 0 bridgehead atoms. The summed E-state index contributed by atoms with van der Waals surface area (Å²) in [7, 11) is 0. The first-order valence-corrected chi connectivity index (χ1v) is 36.0. The molecule has 0 aliphatic carbocycles. The van der Waals surface area contributed by atoms with Gasteiger partial charge in [-0.2, -0.15) is 0 Å². The van der Waals surface area contributed by atoms with Gasteiger partial charge in [-0.05, 0) is 79.2 Å². The van der Waals surface area contributed by atoms with Crippen molar-refractivity contribution in [1.29, 1.82) is 0 Å². The van der Waals surface area contributed by atoms with Gasteiger partial charge in [0, 0.05) is 55.3 Å². The predicted octanol–water partition coefficient (Wildman–Crippen LogP) is 21.3. The van der Waals surface area contributed by atoms with Crippen LogP contribution in [0, 0.1) is 0 Å². The van der Waals surface area contributed by atoms with E-state index < -0.39 is 0 Å². The van der Waals surface area contributed by atoms with E-state index in [4.69, 9.17) is 44.9 Å². The van der Waals surface area contributed by atoms with Gasteiger partial charge in [-0.3, -0.25) is 0 Å². The zero-order chi connectivity index (χ0) is 70.3. The molecule has 20 rings (SSSR count). The molecule has 8 aromatic heterocycles. The van der Waals surface area contributed by atoms with Crippen LogP contribution in [-0.4, -0.2) is 75.7 Å². The quantitative estimate of drug-likeness (QED) is 0.112. The van der Waals surface area contributed by atoms with Crippen LogP contribution in [-0.2, 0) is 0 Å². The Labute approximate surface area is 614 Å². The van der Waals surface area contributed by atoms with Gasteiger partial charge in [-0.15, -0.1) is 43.1 Å². The molecule has 0 saturated carbocycles. The SMILES string of the molecule is c1ccc(-c2ccc(-c3nc(-c4ccccc4)nc(-c4ccc(-c5ccc(-c6nnnc7c6sc6nc8ccccc8cc67)cc5)cc4)n3)cc2)cc1.c1ccc(-c2ccc(-c3nc(-c4ccccc4)nc(-c4ccc(-c5ccc(-c6nnnc7c6sc6nc8ccccc8nc67)cc5)cc4)n3)cc2)cc1. The van der Waals surface area contributed by atoms with Gasteiger partial charge in [0.1, 0.15) is 37.6 Å². The third-order valence-electron chi connectivity index (χ3n) is 18.6. The molecule has 106 heavy (non-hydrogen) atoms. The van der Waals surface area contributed by atoms with Crippen molar-refractivity contribution in [1.82, 2.24) is 75.7 Å². The Balaban J connectivity index is 0.000000145. The molecule has 0 N–H and O–H groups in total. The van der Waals surface area contributed by atoms with Gasteiger partial charge in [0.05, 0.1) is 25.9 Å². The topological polar surface area (TPSA) is 193 Å². The third kappa shape index (κ3) is 12.3. The zero-order valence-electron chi connectivity index (χ0n) is 56.1. The Morgan fingerprint density at radius 3 is 0.858 bits per heavy atom. The first kappa shape index (κ1) is 62.8. The Hall–Kier alpha value is -14.1. The number of fused-ring (bicyclic) bond motifs is 8. The van der Waals surface area contributed by atoms with Gasteiger partial charge < -0.3 is 0 Å². The molecular weight excluding hydrogens is 1340 g/mol. The summed E-state index contributed by atoms with van der Waals surface area (Å²) >= 11 is 3.15. The summed E-state index contributed by atoms with van der Waals surface area (Å²) in [6.45, 7) is 0. The molecule has 0 spiro atoms. The lowest BCUT2D eigenvalue weighted by molar-refractivity contribution is 0.904. The highest BCUT2D eigenvalue weighted by Crippen LogP contribution is 2.41. The molecule has 15 nitrogen and oxygen atoms in total. The van der Waals surface area contributed by atoms with Crippen LogP contribution < -0.4 is 0 Å². The van der Waals surface area contributed by atoms with E-state index in [1.165, 1.54) is 11.1 Å². The Bertz CT molecular complexity index is 6230. The number of aromatic nitrogens is 15. The first-order chi connectivity index (χ1) is 52.5. The summed E-state index contributed by atoms with van der Waals surface area (Å²) in [6.07, 6.45) is 0. The summed E-state index contributed by atoms with van der Waals surface area (Å²) in [5.74, 6) is 3.75. The summed E-state index contributed by atoms with van der Waals surface area (Å²) in [4.78, 5) is 45.9. The van der Waals surface area contributed by atoms with Gasteiger partial charge in [0.25, 0.3) is 0 Å². The minimum atomic E-state index is 0.614. The second kappa shape index (κ2) is 27.3. The average molecular weight is 1400 g/mol. The van der Waals surface area contributed by atoms with Crippen LogP contribution in [0.25, 0.3) is 198 Å². The van der Waals surface area contributed by atoms with Gasteiger partial charge in [-0.1, -0.05) is 297 Å². The van der Waals surface area contributed by atoms with E-state index in [-0.39, 0.29) is 0 Å². The van der Waals surface area contributed by atoms with E-state index in [0.29, 0.717) is 40.5 Å². The first-order valence-electron chi connectivity index (χ1n) is 34.3. The molecule has 0 atom stereocenters. The molecule has 0 amide bonds. The Kier molecular flexibility index (Phi) is 16.2. The van der Waals surface area contributed by atoms with Crippen molar-refractivity contribution in [3.63, 3.8) is 0 Å². The zero-order valence-corrected chi connectivity index (χ0v) is 57.8. The van der Waals surface area contributed by atoms with E-state index in [0.717, 1.165) is 147 Å². The molecule has 0 unspecified atom stereocenters. The van der Waals surface area contributed by atoms with Gasteiger partial charge in [0.15, 0.2) is 34.9 Å². The van der Waals surface area contributed by atoms with Crippen molar-refractivity contribution >= 4 is 85.6 Å². The van der Waals surface area contributed by atoms with Crippen LogP contribution in [0.3, 0.4) is 0 Å². The highest BCUT2D eigenvalue weighted by atomic mass is 32.1. The number of rotatable bonds is 12. The number of nitrogens with zero attached hydrogens (tertiary/aromatic N) is 15. The number of hydrogen-bond donors (Lipinski definition) is 0. The molecule has 20 aromatic rings. The molecular formula is C89H53N15S2. The standard InChI is InChI=1S/C45H27N7S.C44H26N8S/c1-3-9-28(10-4-1)29-17-23-34(24-18-29)43-47-42(33-11-5-2-6-12-33)48-44(49-43)35-25-19-31(20-26-35)30-15-21-32(22-16-30)39-41-40(51-52-50-39)37-27-36-13-7-8-14-38(36)46-45(37)53-41;1-3-9-27(10-4-1)28-17-23-33(24-18-28)42-47-41(32-11-5-2-6-12-32)48-43(49-42)34-25-19-30(20-26-34)29-15-21-31(22-16-29)37-40-38(51-52-50-37)39-44(53-40)46-36-14-8-7-13-35(36)45-39/h1-27H;1-26H. The fourth-order valence-electron chi connectivity index (χ4n) is 13.1. The summed E-state index contributed by atoms with van der Waals surface area (Å²) in [5.41, 5.74) is 22.9. The summed E-state index contributed by atoms with van der Waals surface area (Å²) < 4.78 is 1.90. The fourth-order valence-corrected chi connectivity index (χ4v) is 15.3. The number of para-hydroxylation sites is 3. The molecule has 17 heteroatoms. The highest BCUT2D eigenvalue weighted by molar-refractivity contribution is 7.26. The maximum Gasteiger partial charge on any atom is 0.164 e. The number of pyridine rings is 1. The van der Waals surface area contributed by atoms with Crippen molar-refractivity contribution in [2.75, 3.05) is 0 Å². The number of benzene rings is 12. The summed E-state index contributed by atoms with van der Waals surface area (Å²) in [5, 5.41) is 28.0. The normalized spacial score (nSPS) is 11.4. The minimum absolute atomic E-state index is 0.614. The second-order valence-corrected chi connectivity index (χ2v) is 27.3. The van der Waals surface area contributed by atoms with Crippen LogP contribution >= 0.6 is 22.7 Å². The van der Waals surface area contributed by atoms with E-state index in [9.17, 15) is 0 Å².